The highest BCUT2D eigenvalue weighted by Crippen LogP contribution is 2.51. The summed E-state index contributed by atoms with van der Waals surface area (Å²) in [7, 11) is -1.23. The number of phenols is 1. The molecule has 0 aliphatic carbocycles. The van der Waals surface area contributed by atoms with Gasteiger partial charge in [0.1, 0.15) is 18.2 Å². The molecule has 0 amide bonds. The molecular weight excluding hydrogens is 499 g/mol. The maximum absolute atomic E-state index is 13.5. The molecule has 4 aromatic carbocycles. The Kier molecular flexibility index (Phi) is 7.54. The fraction of sp³-hybridized carbons (Fsp3) is 0.143. The molecule has 0 fully saturated rings. The SMILES string of the molecule is COc1cc(-c2ccc(F)cc2)c(OC)c(OS(C)(=O)=O)c1-c1ccc(OCc2ccccc2)c(O)c1. The number of hydrogen-bond donors (Lipinski definition) is 1. The predicted octanol–water partition coefficient (Wildman–Crippen LogP) is 5.80. The van der Waals surface area contributed by atoms with Gasteiger partial charge in [-0.05, 0) is 47.0 Å². The van der Waals surface area contributed by atoms with Gasteiger partial charge in [-0.15, -0.1) is 0 Å². The first-order valence-corrected chi connectivity index (χ1v) is 13.0. The van der Waals surface area contributed by atoms with Crippen LogP contribution in [0.1, 0.15) is 5.56 Å². The number of benzene rings is 4. The van der Waals surface area contributed by atoms with Gasteiger partial charge in [0.25, 0.3) is 0 Å². The number of aromatic hydroxyl groups is 1. The topological polar surface area (TPSA) is 91.3 Å². The molecule has 192 valence electrons. The van der Waals surface area contributed by atoms with Crippen molar-refractivity contribution >= 4 is 10.1 Å². The molecule has 4 aromatic rings. The zero-order valence-electron chi connectivity index (χ0n) is 20.4. The Balaban J connectivity index is 1.84. The summed E-state index contributed by atoms with van der Waals surface area (Å²) in [5.74, 6) is -0.146. The number of halogens is 1. The molecule has 4 rings (SSSR count). The van der Waals surface area contributed by atoms with Crippen LogP contribution in [0.15, 0.2) is 78.9 Å². The Morgan fingerprint density at radius 2 is 1.49 bits per heavy atom. The number of rotatable bonds is 9. The molecule has 7 nitrogen and oxygen atoms in total. The molecule has 0 radical (unpaired) electrons. The molecule has 0 atom stereocenters. The van der Waals surface area contributed by atoms with E-state index in [2.05, 4.69) is 0 Å². The zero-order chi connectivity index (χ0) is 26.6. The molecular formula is C28H25FO7S. The first-order chi connectivity index (χ1) is 17.7. The highest BCUT2D eigenvalue weighted by molar-refractivity contribution is 7.86. The molecule has 0 heterocycles. The predicted molar refractivity (Wildman–Crippen MR) is 138 cm³/mol. The lowest BCUT2D eigenvalue weighted by molar-refractivity contribution is 0.289. The molecule has 37 heavy (non-hydrogen) atoms. The van der Waals surface area contributed by atoms with Crippen molar-refractivity contribution in [3.8, 4) is 51.0 Å². The molecule has 1 N–H and O–H groups in total. The fourth-order valence-corrected chi connectivity index (χ4v) is 4.32. The van der Waals surface area contributed by atoms with Gasteiger partial charge in [0.2, 0.25) is 0 Å². The third kappa shape index (κ3) is 5.95. The molecule has 9 heteroatoms. The van der Waals surface area contributed by atoms with Crippen molar-refractivity contribution in [3.05, 3.63) is 90.2 Å². The van der Waals surface area contributed by atoms with Crippen molar-refractivity contribution < 1.29 is 36.3 Å². The van der Waals surface area contributed by atoms with Crippen LogP contribution in [0.5, 0.6) is 28.7 Å². The fourth-order valence-electron chi connectivity index (χ4n) is 3.86. The van der Waals surface area contributed by atoms with E-state index in [9.17, 15) is 17.9 Å². The molecule has 0 aliphatic rings. The van der Waals surface area contributed by atoms with E-state index in [0.29, 0.717) is 16.7 Å². The molecule has 0 saturated heterocycles. The summed E-state index contributed by atoms with van der Waals surface area (Å²) in [6.45, 7) is 0.250. The standard InChI is InChI=1S/C28H25FO7S/c1-33-25-16-22(19-9-12-21(29)13-10-19)27(34-2)28(36-37(3,31)32)26(25)20-11-14-24(23(30)15-20)35-17-18-7-5-4-6-8-18/h4-16,30H,17H2,1-3H3. The second-order valence-corrected chi connectivity index (χ2v) is 9.69. The van der Waals surface area contributed by atoms with Gasteiger partial charge in [0.05, 0.1) is 26.0 Å². The summed E-state index contributed by atoms with van der Waals surface area (Å²) in [4.78, 5) is 0. The van der Waals surface area contributed by atoms with Crippen molar-refractivity contribution in [3.63, 3.8) is 0 Å². The molecule has 0 bridgehead atoms. The Bertz CT molecular complexity index is 1500. The smallest absolute Gasteiger partial charge is 0.306 e. The normalized spacial score (nSPS) is 11.1. The van der Waals surface area contributed by atoms with E-state index >= 15 is 0 Å². The lowest BCUT2D eigenvalue weighted by Gasteiger charge is -2.21. The van der Waals surface area contributed by atoms with E-state index < -0.39 is 15.9 Å². The zero-order valence-corrected chi connectivity index (χ0v) is 21.2. The van der Waals surface area contributed by atoms with Gasteiger partial charge in [-0.25, -0.2) is 4.39 Å². The van der Waals surface area contributed by atoms with Gasteiger partial charge >= 0.3 is 10.1 Å². The second kappa shape index (κ2) is 10.8. The summed E-state index contributed by atoms with van der Waals surface area (Å²) in [5.41, 5.74) is 2.53. The van der Waals surface area contributed by atoms with E-state index in [1.165, 1.54) is 44.6 Å². The van der Waals surface area contributed by atoms with E-state index in [1.807, 2.05) is 30.3 Å². The Morgan fingerprint density at radius 3 is 2.08 bits per heavy atom. The molecule has 0 unspecified atom stereocenters. The van der Waals surface area contributed by atoms with Crippen LogP contribution in [0.25, 0.3) is 22.3 Å². The summed E-state index contributed by atoms with van der Waals surface area (Å²) in [5, 5.41) is 10.7. The highest BCUT2D eigenvalue weighted by Gasteiger charge is 2.26. The average molecular weight is 525 g/mol. The maximum atomic E-state index is 13.5. The van der Waals surface area contributed by atoms with Crippen LogP contribution in [-0.2, 0) is 16.7 Å². The van der Waals surface area contributed by atoms with Crippen molar-refractivity contribution in [2.24, 2.45) is 0 Å². The quantitative estimate of drug-likeness (QED) is 0.277. The molecule has 0 spiro atoms. The van der Waals surface area contributed by atoms with Gasteiger partial charge in [-0.2, -0.15) is 8.42 Å². The Hall–Kier alpha value is -4.24. The molecule has 0 aromatic heterocycles. The number of hydrogen-bond acceptors (Lipinski definition) is 7. The first-order valence-electron chi connectivity index (χ1n) is 11.1. The van der Waals surface area contributed by atoms with Crippen molar-refractivity contribution in [1.82, 2.24) is 0 Å². The molecule has 0 aliphatic heterocycles. The van der Waals surface area contributed by atoms with E-state index in [1.54, 1.807) is 18.2 Å². The van der Waals surface area contributed by atoms with Gasteiger partial charge in [0, 0.05) is 5.56 Å². The third-order valence-electron chi connectivity index (χ3n) is 5.50. The van der Waals surface area contributed by atoms with Gasteiger partial charge < -0.3 is 23.5 Å². The van der Waals surface area contributed by atoms with Crippen molar-refractivity contribution in [1.29, 1.82) is 0 Å². The molecule has 0 saturated carbocycles. The van der Waals surface area contributed by atoms with Crippen LogP contribution in [0, 0.1) is 5.82 Å². The summed E-state index contributed by atoms with van der Waals surface area (Å²) < 4.78 is 60.4. The van der Waals surface area contributed by atoms with Crippen LogP contribution >= 0.6 is 0 Å². The minimum atomic E-state index is -4.01. The number of phenolic OH excluding ortho intramolecular Hbond substituents is 1. The van der Waals surface area contributed by atoms with Gasteiger partial charge in [-0.1, -0.05) is 48.5 Å². The first kappa shape index (κ1) is 25.8. The van der Waals surface area contributed by atoms with Crippen LogP contribution < -0.4 is 18.4 Å². The van der Waals surface area contributed by atoms with Gasteiger partial charge in [0.15, 0.2) is 23.0 Å². The monoisotopic (exact) mass is 524 g/mol. The summed E-state index contributed by atoms with van der Waals surface area (Å²) in [6.07, 6.45) is 0.908. The number of methoxy groups -OCH3 is 2. The van der Waals surface area contributed by atoms with E-state index in [4.69, 9.17) is 18.4 Å². The minimum absolute atomic E-state index is 0.0942. The van der Waals surface area contributed by atoms with Crippen LogP contribution in [0.2, 0.25) is 0 Å². The third-order valence-corrected chi connectivity index (χ3v) is 5.97. The average Bonchev–Trinajstić information content (AvgIpc) is 2.87. The Morgan fingerprint density at radius 1 is 0.811 bits per heavy atom. The lowest BCUT2D eigenvalue weighted by atomic mass is 9.96. The van der Waals surface area contributed by atoms with Crippen LogP contribution in [0.3, 0.4) is 0 Å². The number of ether oxygens (including phenoxy) is 3. The second-order valence-electron chi connectivity index (χ2n) is 8.11. The maximum Gasteiger partial charge on any atom is 0.306 e. The highest BCUT2D eigenvalue weighted by atomic mass is 32.2. The van der Waals surface area contributed by atoms with Crippen LogP contribution in [0.4, 0.5) is 4.39 Å². The summed E-state index contributed by atoms with van der Waals surface area (Å²) in [6, 6.07) is 21.4. The van der Waals surface area contributed by atoms with E-state index in [-0.39, 0.29) is 40.9 Å². The van der Waals surface area contributed by atoms with Crippen LogP contribution in [-0.4, -0.2) is 34.0 Å². The largest absolute Gasteiger partial charge is 0.504 e. The minimum Gasteiger partial charge on any atom is -0.504 e. The van der Waals surface area contributed by atoms with Crippen molar-refractivity contribution in [2.75, 3.05) is 20.5 Å². The van der Waals surface area contributed by atoms with Gasteiger partial charge in [-0.3, -0.25) is 0 Å². The van der Waals surface area contributed by atoms with E-state index in [0.717, 1.165) is 11.8 Å². The lowest BCUT2D eigenvalue weighted by Crippen LogP contribution is -2.09. The Labute approximate surface area is 214 Å². The van der Waals surface area contributed by atoms with Crippen molar-refractivity contribution in [2.45, 2.75) is 6.61 Å². The summed E-state index contributed by atoms with van der Waals surface area (Å²) >= 11 is 0.